The predicted octanol–water partition coefficient (Wildman–Crippen LogP) is -1.71. The van der Waals surface area contributed by atoms with Gasteiger partial charge in [0.25, 0.3) is 0 Å². The first-order valence-corrected chi connectivity index (χ1v) is 3.90. The Labute approximate surface area is 88.1 Å². The number of nitrogens with zero attached hydrogens (tertiary/aromatic N) is 1. The van der Waals surface area contributed by atoms with Crippen LogP contribution in [-0.2, 0) is 4.74 Å². The first-order chi connectivity index (χ1) is 5.75. The number of hydrogen-bond donors (Lipinski definition) is 0. The summed E-state index contributed by atoms with van der Waals surface area (Å²) in [6.07, 6.45) is 1.36. The van der Waals surface area contributed by atoms with E-state index in [0.29, 0.717) is 6.61 Å². The maximum absolute atomic E-state index is 11.2. The maximum atomic E-state index is 11.2. The van der Waals surface area contributed by atoms with E-state index in [2.05, 4.69) is 0 Å². The van der Waals surface area contributed by atoms with Crippen LogP contribution in [0.1, 0.15) is 12.6 Å². The number of aromatic nitrogens is 1. The molecule has 72 valence electrons. The van der Waals surface area contributed by atoms with Gasteiger partial charge in [-0.05, 0) is 6.92 Å². The molecule has 0 bridgehead atoms. The van der Waals surface area contributed by atoms with Crippen LogP contribution in [0.15, 0.2) is 24.4 Å². The van der Waals surface area contributed by atoms with Gasteiger partial charge in [0, 0.05) is 19.1 Å². The van der Waals surface area contributed by atoms with Crippen LogP contribution in [-0.4, -0.2) is 12.7 Å². The zero-order valence-electron chi connectivity index (χ0n) is 7.66. The van der Waals surface area contributed by atoms with Crippen molar-refractivity contribution in [2.45, 2.75) is 13.8 Å². The number of hydrogen-bond acceptors (Lipinski definition) is 2. The summed E-state index contributed by atoms with van der Waals surface area (Å²) in [6, 6.07) is 5.53. The second-order valence-electron chi connectivity index (χ2n) is 2.41. The third-order valence-electron chi connectivity index (χ3n) is 1.53. The lowest BCUT2D eigenvalue weighted by molar-refractivity contribution is -0.592. The summed E-state index contributed by atoms with van der Waals surface area (Å²) in [5.41, 5.74) is 0.871. The van der Waals surface area contributed by atoms with Crippen molar-refractivity contribution in [2.24, 2.45) is 0 Å². The van der Waals surface area contributed by atoms with Gasteiger partial charge in [0.2, 0.25) is 0 Å². The Bertz CT molecular complexity index is 289. The van der Waals surface area contributed by atoms with Gasteiger partial charge in [-0.3, -0.25) is 0 Å². The zero-order valence-corrected chi connectivity index (χ0v) is 9.24. The molecule has 1 heterocycles. The van der Waals surface area contributed by atoms with E-state index in [1.54, 1.807) is 19.2 Å². The highest BCUT2D eigenvalue weighted by Crippen LogP contribution is 1.88. The molecule has 0 aliphatic heterocycles. The highest BCUT2D eigenvalue weighted by Gasteiger charge is 2.17. The Morgan fingerprint density at radius 3 is 2.77 bits per heavy atom. The van der Waals surface area contributed by atoms with Gasteiger partial charge < -0.3 is 21.7 Å². The van der Waals surface area contributed by atoms with Gasteiger partial charge in [0.1, 0.15) is 0 Å². The summed E-state index contributed by atoms with van der Waals surface area (Å²) in [5.74, 6) is 0. The average molecular weight is 246 g/mol. The third kappa shape index (κ3) is 3.14. The van der Waals surface area contributed by atoms with Crippen LogP contribution in [0.5, 0.6) is 0 Å². The van der Waals surface area contributed by atoms with Crippen molar-refractivity contribution in [3.05, 3.63) is 30.1 Å². The number of aryl methyl sites for hydroxylation is 1. The van der Waals surface area contributed by atoms with Crippen molar-refractivity contribution in [1.82, 2.24) is 0 Å². The molecule has 13 heavy (non-hydrogen) atoms. The van der Waals surface area contributed by atoms with Crippen LogP contribution in [0.4, 0.5) is 4.79 Å². The Hall–Kier alpha value is -0.900. The van der Waals surface area contributed by atoms with Gasteiger partial charge >= 0.3 is 6.09 Å². The largest absolute Gasteiger partial charge is 1.00 e. The van der Waals surface area contributed by atoms with Crippen LogP contribution in [0.2, 0.25) is 0 Å². The molecule has 0 aromatic carbocycles. The van der Waals surface area contributed by atoms with Crippen molar-refractivity contribution >= 4 is 6.09 Å². The molecule has 0 N–H and O–H groups in total. The minimum Gasteiger partial charge on any atom is -1.00 e. The summed E-state index contributed by atoms with van der Waals surface area (Å²) < 4.78 is 6.31. The van der Waals surface area contributed by atoms with Crippen molar-refractivity contribution in [3.63, 3.8) is 0 Å². The van der Waals surface area contributed by atoms with E-state index in [-0.39, 0.29) is 23.1 Å². The molecule has 0 atom stereocenters. The molecule has 4 heteroatoms. The minimum absolute atomic E-state index is 0. The monoisotopic (exact) mass is 245 g/mol. The molecule has 0 saturated heterocycles. The molecule has 0 aliphatic rings. The molecule has 0 fully saturated rings. The van der Waals surface area contributed by atoms with Crippen LogP contribution in [0, 0.1) is 6.92 Å². The van der Waals surface area contributed by atoms with Gasteiger partial charge in [-0.2, -0.15) is 4.79 Å². The molecule has 0 spiro atoms. The molecule has 0 aliphatic carbocycles. The van der Waals surface area contributed by atoms with Gasteiger partial charge in [-0.15, -0.1) is 0 Å². The van der Waals surface area contributed by atoms with Crippen LogP contribution >= 0.6 is 0 Å². The molecule has 0 radical (unpaired) electrons. The number of ether oxygens (including phenoxy) is 1. The summed E-state index contributed by atoms with van der Waals surface area (Å²) in [4.78, 5) is 11.2. The molecule has 0 amide bonds. The first-order valence-electron chi connectivity index (χ1n) is 3.90. The molecule has 0 unspecified atom stereocenters. The van der Waals surface area contributed by atoms with Crippen LogP contribution < -0.4 is 21.5 Å². The smallest absolute Gasteiger partial charge is 0.602 e. The minimum atomic E-state index is -0.324. The Kier molecular flexibility index (Phi) is 5.30. The van der Waals surface area contributed by atoms with E-state index in [1.165, 1.54) is 4.57 Å². The second-order valence-corrected chi connectivity index (χ2v) is 2.41. The molecule has 1 rings (SSSR count). The number of halogens is 1. The van der Waals surface area contributed by atoms with E-state index in [9.17, 15) is 4.79 Å². The highest BCUT2D eigenvalue weighted by atomic mass is 79.9. The standard InChI is InChI=1S/C9H12NO2.BrH/c1-3-12-9(11)10-7-5-4-6-8(10)2;/h4-7H,3H2,1-2H3;1H/q+1;/p-1. The normalized spacial score (nSPS) is 8.77. The fraction of sp³-hybridized carbons (Fsp3) is 0.333. The van der Waals surface area contributed by atoms with Gasteiger partial charge in [0.15, 0.2) is 11.9 Å². The predicted molar refractivity (Wildman–Crippen MR) is 43.8 cm³/mol. The molecule has 1 aromatic heterocycles. The van der Waals surface area contributed by atoms with E-state index in [0.717, 1.165) is 5.69 Å². The summed E-state index contributed by atoms with van der Waals surface area (Å²) >= 11 is 0. The molecule has 3 nitrogen and oxygen atoms in total. The fourth-order valence-corrected chi connectivity index (χ4v) is 0.926. The maximum Gasteiger partial charge on any atom is 0.602 e. The third-order valence-corrected chi connectivity index (χ3v) is 1.53. The lowest BCUT2D eigenvalue weighted by atomic mass is 10.4. The quantitative estimate of drug-likeness (QED) is 0.552. The fourth-order valence-electron chi connectivity index (χ4n) is 0.926. The SMILES string of the molecule is CCOC(=O)[n+]1ccccc1C.[Br-]. The Morgan fingerprint density at radius 1 is 1.54 bits per heavy atom. The molecular formula is C9H12BrNO2. The van der Waals surface area contributed by atoms with E-state index < -0.39 is 0 Å². The van der Waals surface area contributed by atoms with Crippen molar-refractivity contribution in [1.29, 1.82) is 0 Å². The lowest BCUT2D eigenvalue weighted by Gasteiger charge is -1.96. The molecule has 1 aromatic rings. The number of pyridine rings is 1. The summed E-state index contributed by atoms with van der Waals surface area (Å²) in [5, 5.41) is 0. The second kappa shape index (κ2) is 5.70. The number of carbonyl (C=O) groups is 1. The lowest BCUT2D eigenvalue weighted by Crippen LogP contribution is -3.00. The summed E-state index contributed by atoms with van der Waals surface area (Å²) in [7, 11) is 0. The first kappa shape index (κ1) is 12.1. The average Bonchev–Trinajstić information content (AvgIpc) is 2.05. The van der Waals surface area contributed by atoms with Crippen molar-refractivity contribution in [2.75, 3.05) is 6.61 Å². The van der Waals surface area contributed by atoms with Crippen LogP contribution in [0.3, 0.4) is 0 Å². The number of rotatable bonds is 1. The van der Waals surface area contributed by atoms with Gasteiger partial charge in [-0.1, -0.05) is 10.6 Å². The Morgan fingerprint density at radius 2 is 2.23 bits per heavy atom. The zero-order chi connectivity index (χ0) is 8.97. The number of carbonyl (C=O) groups excluding carboxylic acids is 1. The van der Waals surface area contributed by atoms with Crippen molar-refractivity contribution < 1.29 is 31.1 Å². The summed E-state index contributed by atoms with van der Waals surface area (Å²) in [6.45, 7) is 4.05. The van der Waals surface area contributed by atoms with Crippen molar-refractivity contribution in [3.8, 4) is 0 Å². The van der Waals surface area contributed by atoms with Gasteiger partial charge in [-0.25, -0.2) is 0 Å². The molecule has 0 saturated carbocycles. The van der Waals surface area contributed by atoms with E-state index in [1.807, 2.05) is 19.1 Å². The van der Waals surface area contributed by atoms with E-state index in [4.69, 9.17) is 4.74 Å². The highest BCUT2D eigenvalue weighted by molar-refractivity contribution is 5.56. The van der Waals surface area contributed by atoms with Crippen LogP contribution in [0.25, 0.3) is 0 Å². The van der Waals surface area contributed by atoms with Gasteiger partial charge in [0.05, 0.1) is 6.61 Å². The Balaban J connectivity index is 0.00000144. The van der Waals surface area contributed by atoms with E-state index >= 15 is 0 Å². The molecular weight excluding hydrogens is 234 g/mol. The topological polar surface area (TPSA) is 30.2 Å².